The molecule has 0 radical (unpaired) electrons. The summed E-state index contributed by atoms with van der Waals surface area (Å²) >= 11 is 0. The minimum absolute atomic E-state index is 0.00735. The van der Waals surface area contributed by atoms with Crippen molar-refractivity contribution in [3.8, 4) is 22.8 Å². The van der Waals surface area contributed by atoms with Gasteiger partial charge in [0.15, 0.2) is 0 Å². The van der Waals surface area contributed by atoms with Gasteiger partial charge in [0.25, 0.3) is 5.91 Å². The molecule has 4 fully saturated rings. The van der Waals surface area contributed by atoms with Crippen molar-refractivity contribution < 1.29 is 41.8 Å². The molecule has 0 spiro atoms. The highest BCUT2D eigenvalue weighted by Crippen LogP contribution is 2.47. The smallest absolute Gasteiger partial charge is 0.408 e. The molecule has 1 saturated heterocycles. The van der Waals surface area contributed by atoms with Crippen LogP contribution >= 0.6 is 0 Å². The van der Waals surface area contributed by atoms with E-state index in [0.29, 0.717) is 47.4 Å². The molecule has 4 amide bonds. The van der Waals surface area contributed by atoms with Crippen LogP contribution in [0.4, 0.5) is 4.79 Å². The van der Waals surface area contributed by atoms with Crippen LogP contribution in [0.5, 0.6) is 11.5 Å². The molecule has 3 saturated carbocycles. The maximum Gasteiger partial charge on any atom is 0.408 e. The third-order valence-electron chi connectivity index (χ3n) is 11.5. The van der Waals surface area contributed by atoms with Gasteiger partial charge in [-0.3, -0.25) is 19.1 Å². The molecular weight excluding hydrogens is 739 g/mol. The summed E-state index contributed by atoms with van der Waals surface area (Å²) in [5.41, 5.74) is 0.701. The summed E-state index contributed by atoms with van der Waals surface area (Å²) in [5.74, 6) is -1.42. The maximum atomic E-state index is 14.5. The van der Waals surface area contributed by atoms with Crippen molar-refractivity contribution in [2.24, 2.45) is 11.8 Å². The predicted molar refractivity (Wildman–Crippen MR) is 208 cm³/mol. The van der Waals surface area contributed by atoms with Gasteiger partial charge < -0.3 is 29.7 Å². The lowest BCUT2D eigenvalue weighted by Crippen LogP contribution is -2.59. The number of amides is 4. The first-order valence-corrected chi connectivity index (χ1v) is 21.2. The van der Waals surface area contributed by atoms with E-state index in [2.05, 4.69) is 15.4 Å². The number of sulfonamides is 1. The van der Waals surface area contributed by atoms with E-state index in [1.807, 2.05) is 55.5 Å². The Kier molecular flexibility index (Phi) is 11.2. The quantitative estimate of drug-likeness (QED) is 0.204. The van der Waals surface area contributed by atoms with Crippen molar-refractivity contribution >= 4 is 44.7 Å². The summed E-state index contributed by atoms with van der Waals surface area (Å²) in [4.78, 5) is 61.9. The van der Waals surface area contributed by atoms with E-state index < -0.39 is 62.8 Å². The zero-order chi connectivity index (χ0) is 39.8. The molecule has 3 N–H and O–H groups in total. The minimum atomic E-state index is -3.87. The fourth-order valence-corrected chi connectivity index (χ4v) is 9.38. The number of pyridine rings is 1. The second-order valence-corrected chi connectivity index (χ2v) is 17.8. The number of likely N-dealkylation sites (tertiary alicyclic amines) is 1. The molecule has 4 aliphatic rings. The molecule has 2 aromatic carbocycles. The Labute approximate surface area is 327 Å². The Bertz CT molecular complexity index is 2090. The highest BCUT2D eigenvalue weighted by Gasteiger charge is 2.62. The number of rotatable bonds is 14. The SMILES string of the molecule is CCC1CC1(NC(=O)C1CC(Oc2cc(-c3ccccc3)nc3cc(OC)ccc23)CN1C(=O)C(NC(=O)OC1CCCC1)C(C)C)C(=O)NS(=O)(=O)C1CC1. The Balaban J connectivity index is 1.19. The molecule has 5 unspecified atom stereocenters. The average Bonchev–Trinajstić information content (AvgIpc) is 4.07. The fraction of sp³-hybridized carbons (Fsp3) is 0.537. The normalized spacial score (nSPS) is 24.1. The second kappa shape index (κ2) is 15.9. The van der Waals surface area contributed by atoms with Gasteiger partial charge in [-0.15, -0.1) is 0 Å². The zero-order valence-corrected chi connectivity index (χ0v) is 33.1. The highest BCUT2D eigenvalue weighted by molar-refractivity contribution is 7.91. The van der Waals surface area contributed by atoms with Crippen molar-refractivity contribution in [2.75, 3.05) is 13.7 Å². The van der Waals surface area contributed by atoms with Crippen LogP contribution in [-0.4, -0.2) is 90.9 Å². The van der Waals surface area contributed by atoms with Gasteiger partial charge >= 0.3 is 6.09 Å². The summed E-state index contributed by atoms with van der Waals surface area (Å²) in [5, 5.41) is 5.74. The lowest BCUT2D eigenvalue weighted by atomic mass is 10.0. The summed E-state index contributed by atoms with van der Waals surface area (Å²) < 4.78 is 45.6. The molecule has 5 atom stereocenters. The van der Waals surface area contributed by atoms with E-state index in [1.54, 1.807) is 27.0 Å². The van der Waals surface area contributed by atoms with E-state index >= 15 is 0 Å². The molecule has 0 bridgehead atoms. The Morgan fingerprint density at radius 1 is 0.982 bits per heavy atom. The molecule has 14 nitrogen and oxygen atoms in total. The van der Waals surface area contributed by atoms with Gasteiger partial charge in [0.2, 0.25) is 21.8 Å². The molecule has 56 heavy (non-hydrogen) atoms. The van der Waals surface area contributed by atoms with Gasteiger partial charge in [-0.1, -0.05) is 57.5 Å². The monoisotopic (exact) mass is 789 g/mol. The molecule has 7 rings (SSSR count). The van der Waals surface area contributed by atoms with Gasteiger partial charge in [0.1, 0.15) is 41.3 Å². The Morgan fingerprint density at radius 3 is 2.36 bits per heavy atom. The van der Waals surface area contributed by atoms with Gasteiger partial charge in [-0.2, -0.15) is 0 Å². The number of carbonyl (C=O) groups is 4. The van der Waals surface area contributed by atoms with Gasteiger partial charge in [-0.25, -0.2) is 18.2 Å². The minimum Gasteiger partial charge on any atom is -0.497 e. The van der Waals surface area contributed by atoms with Crippen LogP contribution in [0.1, 0.15) is 78.6 Å². The number of alkyl carbamates (subject to hydrolysis) is 1. The lowest BCUT2D eigenvalue weighted by molar-refractivity contribution is -0.141. The zero-order valence-electron chi connectivity index (χ0n) is 32.3. The first-order chi connectivity index (χ1) is 26.8. The van der Waals surface area contributed by atoms with Gasteiger partial charge in [0.05, 0.1) is 30.1 Å². The van der Waals surface area contributed by atoms with Crippen LogP contribution in [0.25, 0.3) is 22.2 Å². The van der Waals surface area contributed by atoms with E-state index in [4.69, 9.17) is 19.2 Å². The summed E-state index contributed by atoms with van der Waals surface area (Å²) in [7, 11) is -2.30. The third-order valence-corrected chi connectivity index (χ3v) is 13.3. The summed E-state index contributed by atoms with van der Waals surface area (Å²) in [6.07, 6.45) is 3.67. The Morgan fingerprint density at radius 2 is 1.71 bits per heavy atom. The van der Waals surface area contributed by atoms with Crippen LogP contribution in [0, 0.1) is 11.8 Å². The van der Waals surface area contributed by atoms with Crippen molar-refractivity contribution in [1.82, 2.24) is 25.2 Å². The number of ether oxygens (including phenoxy) is 3. The molecule has 3 aromatic rings. The number of aromatic nitrogens is 1. The Hall–Kier alpha value is -4.92. The van der Waals surface area contributed by atoms with Gasteiger partial charge in [0, 0.05) is 29.5 Å². The number of hydrogen-bond donors (Lipinski definition) is 3. The van der Waals surface area contributed by atoms with Crippen molar-refractivity contribution in [3.63, 3.8) is 0 Å². The maximum absolute atomic E-state index is 14.5. The van der Waals surface area contributed by atoms with E-state index in [1.165, 1.54) is 4.90 Å². The fourth-order valence-electron chi connectivity index (χ4n) is 8.02. The molecular formula is C41H51N5O9S. The second-order valence-electron chi connectivity index (χ2n) is 15.9. The topological polar surface area (TPSA) is 182 Å². The number of carbonyl (C=O) groups excluding carboxylic acids is 4. The van der Waals surface area contributed by atoms with E-state index in [0.717, 1.165) is 31.2 Å². The third kappa shape index (κ3) is 8.28. The first-order valence-electron chi connectivity index (χ1n) is 19.7. The van der Waals surface area contributed by atoms with Crippen LogP contribution < -0.4 is 24.8 Å². The molecule has 15 heteroatoms. The summed E-state index contributed by atoms with van der Waals surface area (Å²) in [6, 6.07) is 14.8. The molecule has 1 aliphatic heterocycles. The largest absolute Gasteiger partial charge is 0.497 e. The molecule has 2 heterocycles. The van der Waals surface area contributed by atoms with Crippen molar-refractivity contribution in [3.05, 3.63) is 54.6 Å². The standard InChI is InChI=1S/C41H51N5O9S/c1-5-26-22-41(26,39(49)45-56(51,52)30-16-17-30)44-37(47)34-20-29(23-46(34)38(48)36(24(2)3)43-40(50)55-27-13-9-10-14-27)54-35-21-32(25-11-7-6-8-12-25)42-33-19-28(53-4)15-18-31(33)35/h6-8,11-12,15,18-19,21,24,26-27,29-30,34,36H,5,9-10,13-14,16-17,20,22-23H2,1-4H3,(H,43,50)(H,44,47)(H,45,49). The summed E-state index contributed by atoms with van der Waals surface area (Å²) in [6.45, 7) is 5.47. The number of hydrogen-bond acceptors (Lipinski definition) is 10. The number of nitrogens with zero attached hydrogens (tertiary/aromatic N) is 2. The predicted octanol–water partition coefficient (Wildman–Crippen LogP) is 4.85. The van der Waals surface area contributed by atoms with E-state index in [9.17, 15) is 27.6 Å². The number of methoxy groups -OCH3 is 1. The van der Waals surface area contributed by atoms with Crippen molar-refractivity contribution in [2.45, 2.75) is 114 Å². The molecule has 3 aliphatic carbocycles. The van der Waals surface area contributed by atoms with Crippen LogP contribution in [0.2, 0.25) is 0 Å². The first kappa shape index (κ1) is 39.3. The lowest BCUT2D eigenvalue weighted by Gasteiger charge is -2.31. The molecule has 1 aromatic heterocycles. The average molecular weight is 790 g/mol. The van der Waals surface area contributed by atoms with Crippen LogP contribution in [0.3, 0.4) is 0 Å². The van der Waals surface area contributed by atoms with Gasteiger partial charge in [-0.05, 0) is 68.9 Å². The van der Waals surface area contributed by atoms with Crippen LogP contribution in [-0.2, 0) is 29.1 Å². The van der Waals surface area contributed by atoms with E-state index in [-0.39, 0.29) is 37.3 Å². The van der Waals surface area contributed by atoms with Crippen molar-refractivity contribution in [1.29, 1.82) is 0 Å². The number of fused-ring (bicyclic) bond motifs is 1. The van der Waals surface area contributed by atoms with Crippen LogP contribution in [0.15, 0.2) is 54.6 Å². The highest BCUT2D eigenvalue weighted by atomic mass is 32.2. The molecule has 300 valence electrons. The number of benzene rings is 2. The number of nitrogens with one attached hydrogen (secondary N) is 3.